The lowest BCUT2D eigenvalue weighted by molar-refractivity contribution is -0.115. The third-order valence-electron chi connectivity index (χ3n) is 3.21. The highest BCUT2D eigenvalue weighted by Gasteiger charge is 2.21. The number of hydrogen-bond donors (Lipinski definition) is 2. The van der Waals surface area contributed by atoms with Gasteiger partial charge in [-0.05, 0) is 25.1 Å². The predicted molar refractivity (Wildman–Crippen MR) is 88.3 cm³/mol. The maximum absolute atomic E-state index is 13.6. The van der Waals surface area contributed by atoms with Crippen LogP contribution >= 0.6 is 11.8 Å². The molecule has 0 bridgehead atoms. The molecule has 0 aliphatic heterocycles. The lowest BCUT2D eigenvalue weighted by Gasteiger charge is -2.13. The Balaban J connectivity index is 2.21. The van der Waals surface area contributed by atoms with Crippen molar-refractivity contribution >= 4 is 29.2 Å². The molecule has 2 rings (SSSR count). The number of aromatic nitrogens is 1. The minimum absolute atomic E-state index is 0.0202. The van der Waals surface area contributed by atoms with Gasteiger partial charge in [-0.2, -0.15) is 10.5 Å². The number of nitrogens with one attached hydrogen (secondary N) is 1. The Bertz CT molecular complexity index is 968. The minimum atomic E-state index is -1.70. The summed E-state index contributed by atoms with van der Waals surface area (Å²) >= 11 is 0.843. The molecule has 10 heteroatoms. The van der Waals surface area contributed by atoms with E-state index in [2.05, 4.69) is 10.3 Å². The molecule has 26 heavy (non-hydrogen) atoms. The van der Waals surface area contributed by atoms with Gasteiger partial charge in [-0.1, -0.05) is 11.8 Å². The third kappa shape index (κ3) is 3.87. The number of amides is 1. The molecule has 1 amide bonds. The number of thioether (sulfide) groups is 1. The van der Waals surface area contributed by atoms with E-state index in [9.17, 15) is 18.0 Å². The van der Waals surface area contributed by atoms with E-state index in [0.29, 0.717) is 6.07 Å². The van der Waals surface area contributed by atoms with Crippen LogP contribution in [0.3, 0.4) is 0 Å². The van der Waals surface area contributed by atoms with E-state index in [-0.39, 0.29) is 22.0 Å². The largest absolute Gasteiger partial charge is 0.383 e. The van der Waals surface area contributed by atoms with Crippen molar-refractivity contribution in [1.82, 2.24) is 4.98 Å². The zero-order valence-electron chi connectivity index (χ0n) is 13.2. The van der Waals surface area contributed by atoms with Crippen LogP contribution in [-0.4, -0.2) is 16.1 Å². The molecule has 0 saturated carbocycles. The van der Waals surface area contributed by atoms with E-state index >= 15 is 0 Å². The molecule has 0 spiro atoms. The molecule has 1 heterocycles. The number of halogens is 3. The Morgan fingerprint density at radius 2 is 1.88 bits per heavy atom. The number of carbonyl (C=O) groups excluding carboxylic acids is 1. The summed E-state index contributed by atoms with van der Waals surface area (Å²) in [5.74, 6) is -5.42. The normalized spacial score (nSPS) is 11.3. The summed E-state index contributed by atoms with van der Waals surface area (Å²) < 4.78 is 39.8. The van der Waals surface area contributed by atoms with Gasteiger partial charge >= 0.3 is 0 Å². The third-order valence-corrected chi connectivity index (χ3v) is 4.31. The number of benzene rings is 1. The Labute approximate surface area is 150 Å². The van der Waals surface area contributed by atoms with Crippen molar-refractivity contribution in [3.63, 3.8) is 0 Å². The lowest BCUT2D eigenvalue weighted by atomic mass is 10.2. The van der Waals surface area contributed by atoms with Gasteiger partial charge < -0.3 is 11.1 Å². The monoisotopic (exact) mass is 377 g/mol. The van der Waals surface area contributed by atoms with Gasteiger partial charge in [-0.25, -0.2) is 18.2 Å². The SMILES string of the molecule is C[C@H](Sc1nc(N)c(C#N)cc1C#N)C(=O)Nc1ccc(F)c(F)c1F. The summed E-state index contributed by atoms with van der Waals surface area (Å²) in [6.45, 7) is 1.44. The molecule has 1 atom stereocenters. The number of rotatable bonds is 4. The van der Waals surface area contributed by atoms with E-state index < -0.39 is 34.3 Å². The van der Waals surface area contributed by atoms with Crippen LogP contribution in [0.2, 0.25) is 0 Å². The summed E-state index contributed by atoms with van der Waals surface area (Å²) in [5, 5.41) is 19.4. The van der Waals surface area contributed by atoms with Crippen LogP contribution in [0, 0.1) is 40.1 Å². The Morgan fingerprint density at radius 3 is 2.50 bits per heavy atom. The molecule has 6 nitrogen and oxygen atoms in total. The molecule has 0 unspecified atom stereocenters. The molecule has 0 aliphatic carbocycles. The summed E-state index contributed by atoms with van der Waals surface area (Å²) in [5.41, 5.74) is 5.14. The maximum atomic E-state index is 13.6. The van der Waals surface area contributed by atoms with E-state index in [1.54, 1.807) is 6.07 Å². The van der Waals surface area contributed by atoms with Gasteiger partial charge in [0.2, 0.25) is 5.91 Å². The highest BCUT2D eigenvalue weighted by molar-refractivity contribution is 8.00. The number of anilines is 2. The Morgan fingerprint density at radius 1 is 1.23 bits per heavy atom. The molecular formula is C16H10F3N5OS. The number of pyridine rings is 1. The van der Waals surface area contributed by atoms with Gasteiger partial charge in [0.05, 0.1) is 22.1 Å². The Hall–Kier alpha value is -3.24. The van der Waals surface area contributed by atoms with Gasteiger partial charge in [0.15, 0.2) is 17.5 Å². The van der Waals surface area contributed by atoms with Gasteiger partial charge in [-0.3, -0.25) is 4.79 Å². The van der Waals surface area contributed by atoms with Crippen LogP contribution in [0.15, 0.2) is 23.2 Å². The predicted octanol–water partition coefficient (Wildman–Crippen LogP) is 2.94. The standard InChI is InChI=1S/C16H10F3N5OS/c1-7(15(25)23-11-3-2-10(17)12(18)13(11)19)26-16-9(6-21)4-8(5-20)14(22)24-16/h2-4,7H,1H3,(H2,22,24)(H,23,25)/t7-/m0/s1. The van der Waals surface area contributed by atoms with Crippen molar-refractivity contribution < 1.29 is 18.0 Å². The number of carbonyl (C=O) groups is 1. The first-order valence-electron chi connectivity index (χ1n) is 7.00. The summed E-state index contributed by atoms with van der Waals surface area (Å²) in [7, 11) is 0. The molecule has 1 aromatic carbocycles. The van der Waals surface area contributed by atoms with Crippen LogP contribution in [0.1, 0.15) is 18.1 Å². The molecule has 1 aromatic heterocycles. The van der Waals surface area contributed by atoms with Gasteiger partial charge in [0, 0.05) is 0 Å². The summed E-state index contributed by atoms with van der Waals surface area (Å²) in [6.07, 6.45) is 0. The van der Waals surface area contributed by atoms with Gasteiger partial charge in [0.25, 0.3) is 0 Å². The second-order valence-corrected chi connectivity index (χ2v) is 6.30. The first-order chi connectivity index (χ1) is 12.3. The quantitative estimate of drug-likeness (QED) is 0.625. The van der Waals surface area contributed by atoms with Crippen molar-refractivity contribution in [2.75, 3.05) is 11.1 Å². The van der Waals surface area contributed by atoms with E-state index in [1.165, 1.54) is 13.0 Å². The number of hydrogen-bond acceptors (Lipinski definition) is 6. The first kappa shape index (κ1) is 19.1. The first-order valence-corrected chi connectivity index (χ1v) is 7.88. The number of nitriles is 2. The number of nitrogens with zero attached hydrogens (tertiary/aromatic N) is 3. The lowest BCUT2D eigenvalue weighted by Crippen LogP contribution is -2.23. The molecule has 0 radical (unpaired) electrons. The van der Waals surface area contributed by atoms with Crippen molar-refractivity contribution in [2.24, 2.45) is 0 Å². The molecule has 0 saturated heterocycles. The van der Waals surface area contributed by atoms with E-state index in [0.717, 1.165) is 17.8 Å². The molecule has 0 fully saturated rings. The minimum Gasteiger partial charge on any atom is -0.383 e. The fourth-order valence-electron chi connectivity index (χ4n) is 1.85. The molecule has 3 N–H and O–H groups in total. The average molecular weight is 377 g/mol. The second-order valence-electron chi connectivity index (χ2n) is 4.97. The fraction of sp³-hybridized carbons (Fsp3) is 0.125. The Kier molecular flexibility index (Phi) is 5.70. The topological polar surface area (TPSA) is 116 Å². The van der Waals surface area contributed by atoms with Crippen LogP contribution in [0.25, 0.3) is 0 Å². The van der Waals surface area contributed by atoms with Crippen molar-refractivity contribution in [2.45, 2.75) is 17.2 Å². The van der Waals surface area contributed by atoms with Gasteiger partial charge in [-0.15, -0.1) is 0 Å². The van der Waals surface area contributed by atoms with Crippen LogP contribution in [0.5, 0.6) is 0 Å². The highest BCUT2D eigenvalue weighted by Crippen LogP contribution is 2.28. The maximum Gasteiger partial charge on any atom is 0.237 e. The molecular weight excluding hydrogens is 367 g/mol. The van der Waals surface area contributed by atoms with Crippen LogP contribution in [0.4, 0.5) is 24.7 Å². The fourth-order valence-corrected chi connectivity index (χ4v) is 2.73. The molecule has 2 aromatic rings. The van der Waals surface area contributed by atoms with Crippen molar-refractivity contribution in [3.05, 3.63) is 46.8 Å². The van der Waals surface area contributed by atoms with E-state index in [4.69, 9.17) is 16.3 Å². The second kappa shape index (κ2) is 7.76. The van der Waals surface area contributed by atoms with Crippen LogP contribution < -0.4 is 11.1 Å². The summed E-state index contributed by atoms with van der Waals surface area (Å²) in [6, 6.07) is 6.44. The zero-order chi connectivity index (χ0) is 19.4. The zero-order valence-corrected chi connectivity index (χ0v) is 14.0. The van der Waals surface area contributed by atoms with Gasteiger partial charge in [0.1, 0.15) is 23.0 Å². The number of nitrogens with two attached hydrogens (primary N) is 1. The van der Waals surface area contributed by atoms with Crippen LogP contribution in [-0.2, 0) is 4.79 Å². The molecule has 132 valence electrons. The number of nitrogen functional groups attached to an aromatic ring is 1. The van der Waals surface area contributed by atoms with Crippen molar-refractivity contribution in [1.29, 1.82) is 10.5 Å². The van der Waals surface area contributed by atoms with E-state index in [1.807, 2.05) is 6.07 Å². The highest BCUT2D eigenvalue weighted by atomic mass is 32.2. The average Bonchev–Trinajstić information content (AvgIpc) is 2.62. The summed E-state index contributed by atoms with van der Waals surface area (Å²) in [4.78, 5) is 16.1. The smallest absolute Gasteiger partial charge is 0.237 e. The molecule has 0 aliphatic rings. The van der Waals surface area contributed by atoms with Crippen molar-refractivity contribution in [3.8, 4) is 12.1 Å².